The van der Waals surface area contributed by atoms with Crippen LogP contribution in [0.1, 0.15) is 0 Å². The van der Waals surface area contributed by atoms with Crippen molar-refractivity contribution in [2.24, 2.45) is 0 Å². The molecule has 0 unspecified atom stereocenters. The second kappa shape index (κ2) is 9.18. The van der Waals surface area contributed by atoms with E-state index in [4.69, 9.17) is 15.1 Å². The Balaban J connectivity index is -0.0000000450. The molecule has 0 bridgehead atoms. The normalized spacial score (nSPS) is 4.50. The van der Waals surface area contributed by atoms with Crippen LogP contribution in [0.5, 0.6) is 0 Å². The van der Waals surface area contributed by atoms with E-state index in [9.17, 15) is 0 Å². The smallest absolute Gasteiger partial charge is 2.00 e. The summed E-state index contributed by atoms with van der Waals surface area (Å²) in [6.45, 7) is 0. The molecule has 32 valence electrons. The van der Waals surface area contributed by atoms with Crippen molar-refractivity contribution < 1.29 is 20.5 Å². The molecule has 0 atom stereocenters. The predicted octanol–water partition coefficient (Wildman–Crippen LogP) is -2.55. The van der Waals surface area contributed by atoms with Crippen LogP contribution in [-0.2, 0) is 5.48 Å². The molecule has 0 saturated heterocycles. The first-order chi connectivity index (χ1) is 1.73. The van der Waals surface area contributed by atoms with E-state index in [0.29, 0.717) is 0 Å². The number of hydrogen-bond donors (Lipinski definition) is 3. The van der Waals surface area contributed by atoms with Crippen LogP contribution in [0.2, 0.25) is 0 Å². The van der Waals surface area contributed by atoms with Crippen LogP contribution < -0.4 is 0 Å². The maximum atomic E-state index is 7.17. The second-order valence-electron chi connectivity index (χ2n) is 0.346. The molecule has 0 aliphatic rings. The van der Waals surface area contributed by atoms with Crippen molar-refractivity contribution in [1.29, 1.82) is 0 Å². The van der Waals surface area contributed by atoms with Gasteiger partial charge in [-0.3, -0.25) is 0 Å². The average Bonchev–Trinajstić information content (AvgIpc) is 0.811. The molecule has 0 rings (SSSR count). The molecule has 6 heavy (non-hydrogen) atoms. The maximum Gasteiger partial charge on any atom is 2.00 e. The van der Waals surface area contributed by atoms with Gasteiger partial charge in [0.05, 0.1) is 0 Å². The van der Waals surface area contributed by atoms with Crippen LogP contribution in [0.4, 0.5) is 0 Å². The van der Waals surface area contributed by atoms with Gasteiger partial charge >= 0.3 is 30.4 Å². The van der Waals surface area contributed by atoms with Crippen LogP contribution in [0.15, 0.2) is 0 Å². The summed E-state index contributed by atoms with van der Waals surface area (Å²) in [6.07, 6.45) is 0. The molecule has 0 radical (unpaired) electrons. The summed E-state index contributed by atoms with van der Waals surface area (Å²) in [5.41, 5.74) is 0. The fourth-order valence-corrected chi connectivity index (χ4v) is 0. The van der Waals surface area contributed by atoms with E-state index in [1.54, 1.807) is 0 Å². The minimum atomic E-state index is -2.17. The van der Waals surface area contributed by atoms with Crippen molar-refractivity contribution in [2.75, 3.05) is 0 Å². The van der Waals surface area contributed by atoms with E-state index >= 15 is 0 Å². The van der Waals surface area contributed by atoms with Crippen molar-refractivity contribution in [3.05, 3.63) is 0 Å². The Bertz CT molecular complexity index is 12.3. The minimum Gasteiger partial charge on any atom is -2.00 e. The molecule has 0 aromatic carbocycles. The molecule has 0 aromatic rings. The number of rotatable bonds is 0. The second-order valence-corrected chi connectivity index (χ2v) is 0.346. The first-order valence-electron chi connectivity index (χ1n) is 0.775. The van der Waals surface area contributed by atoms with E-state index in [-0.39, 0.29) is 28.5 Å². The van der Waals surface area contributed by atoms with Gasteiger partial charge in [0.15, 0.2) is 0 Å². The van der Waals surface area contributed by atoms with E-state index < -0.39 is 7.32 Å². The third-order valence-corrected chi connectivity index (χ3v) is 0. The first kappa shape index (κ1) is 15.9. The van der Waals surface area contributed by atoms with Crippen LogP contribution in [-0.4, -0.2) is 45.4 Å². The minimum absolute atomic E-state index is 0. The molecule has 0 fully saturated rings. The van der Waals surface area contributed by atoms with Crippen molar-refractivity contribution in [3.63, 3.8) is 0 Å². The molecular formula is H3BMgO4. The molecule has 0 spiro atoms. The fraction of sp³-hybridized carbons (Fsp3) is 0. The SMILES string of the molecule is OB(O)O.[Mg+2].[O-2]. The van der Waals surface area contributed by atoms with Gasteiger partial charge in [0, 0.05) is 0 Å². The quantitative estimate of drug-likeness (QED) is 0.294. The zero-order chi connectivity index (χ0) is 3.58. The summed E-state index contributed by atoms with van der Waals surface area (Å²) in [4.78, 5) is 0. The zero-order valence-corrected chi connectivity index (χ0v) is 4.45. The molecule has 6 heteroatoms. The zero-order valence-electron chi connectivity index (χ0n) is 3.03. The topological polar surface area (TPSA) is 89.2 Å². The summed E-state index contributed by atoms with van der Waals surface area (Å²) in [5.74, 6) is 0. The van der Waals surface area contributed by atoms with Crippen molar-refractivity contribution in [1.82, 2.24) is 0 Å². The van der Waals surface area contributed by atoms with Gasteiger partial charge in [-0.2, -0.15) is 0 Å². The van der Waals surface area contributed by atoms with Gasteiger partial charge in [-0.25, -0.2) is 0 Å². The average molecular weight is 102 g/mol. The Morgan fingerprint density at radius 3 is 1.00 bits per heavy atom. The third kappa shape index (κ3) is 140. The Hall–Kier alpha value is 0.671. The summed E-state index contributed by atoms with van der Waals surface area (Å²) in [6, 6.07) is 0. The van der Waals surface area contributed by atoms with Gasteiger partial charge < -0.3 is 20.5 Å². The Morgan fingerprint density at radius 2 is 1.00 bits per heavy atom. The fourth-order valence-electron chi connectivity index (χ4n) is 0. The van der Waals surface area contributed by atoms with Gasteiger partial charge in [-0.15, -0.1) is 0 Å². The van der Waals surface area contributed by atoms with Gasteiger partial charge in [-0.05, 0) is 0 Å². The maximum absolute atomic E-state index is 7.17. The van der Waals surface area contributed by atoms with Crippen molar-refractivity contribution >= 4 is 30.4 Å². The molecule has 0 aromatic heterocycles. The van der Waals surface area contributed by atoms with Crippen LogP contribution in [0.25, 0.3) is 0 Å². The van der Waals surface area contributed by atoms with Gasteiger partial charge in [0.2, 0.25) is 0 Å². The molecule has 3 N–H and O–H groups in total. The summed E-state index contributed by atoms with van der Waals surface area (Å²) < 4.78 is 0. The molecule has 0 saturated carbocycles. The molecule has 0 aliphatic carbocycles. The molecule has 0 aliphatic heterocycles. The van der Waals surface area contributed by atoms with Gasteiger partial charge in [0.25, 0.3) is 0 Å². The van der Waals surface area contributed by atoms with Crippen molar-refractivity contribution in [2.45, 2.75) is 0 Å². The summed E-state index contributed by atoms with van der Waals surface area (Å²) >= 11 is 0. The third-order valence-electron chi connectivity index (χ3n) is 0. The molecule has 0 heterocycles. The Morgan fingerprint density at radius 1 is 1.00 bits per heavy atom. The first-order valence-corrected chi connectivity index (χ1v) is 0.775. The van der Waals surface area contributed by atoms with Crippen molar-refractivity contribution in [3.8, 4) is 0 Å². The van der Waals surface area contributed by atoms with E-state index in [2.05, 4.69) is 0 Å². The molecule has 0 amide bonds. The van der Waals surface area contributed by atoms with E-state index in [1.807, 2.05) is 0 Å². The van der Waals surface area contributed by atoms with Crippen LogP contribution in [0.3, 0.4) is 0 Å². The van der Waals surface area contributed by atoms with Gasteiger partial charge in [-0.1, -0.05) is 0 Å². The van der Waals surface area contributed by atoms with E-state index in [1.165, 1.54) is 0 Å². The summed E-state index contributed by atoms with van der Waals surface area (Å²) in [7, 11) is -2.17. The molecule has 4 nitrogen and oxygen atoms in total. The largest absolute Gasteiger partial charge is 2.00 e. The Labute approximate surface area is 51.4 Å². The number of hydrogen-bond acceptors (Lipinski definition) is 3. The summed E-state index contributed by atoms with van der Waals surface area (Å²) in [5, 5.41) is 21.5. The monoisotopic (exact) mass is 102 g/mol. The van der Waals surface area contributed by atoms with Crippen LogP contribution in [0, 0.1) is 0 Å². The molecular weight excluding hydrogens is 99.1 g/mol. The van der Waals surface area contributed by atoms with Gasteiger partial charge in [0.1, 0.15) is 0 Å². The van der Waals surface area contributed by atoms with E-state index in [0.717, 1.165) is 0 Å². The van der Waals surface area contributed by atoms with Crippen LogP contribution >= 0.6 is 0 Å². The Kier molecular flexibility index (Phi) is 24.4. The predicted molar refractivity (Wildman–Crippen MR) is 18.9 cm³/mol. The standard InChI is InChI=1S/BH3O3.Mg.O/c2-1(3)4;;/h2-4H;;/q;+2;-2.